The average Bonchev–Trinajstić information content (AvgIpc) is 2.38. The van der Waals surface area contributed by atoms with Crippen LogP contribution >= 0.6 is 27.7 Å². The van der Waals surface area contributed by atoms with Gasteiger partial charge in [-0.15, -0.1) is 0 Å². The summed E-state index contributed by atoms with van der Waals surface area (Å²) in [7, 11) is 1.76. The molecule has 6 heteroatoms. The Labute approximate surface area is 120 Å². The van der Waals surface area contributed by atoms with Crippen LogP contribution in [-0.4, -0.2) is 36.5 Å². The van der Waals surface area contributed by atoms with Crippen LogP contribution in [0, 0.1) is 0 Å². The summed E-state index contributed by atoms with van der Waals surface area (Å²) in [5.74, 6) is 1.65. The van der Waals surface area contributed by atoms with Crippen molar-refractivity contribution < 1.29 is 4.79 Å². The molecule has 0 spiro atoms. The van der Waals surface area contributed by atoms with Crippen molar-refractivity contribution in [1.82, 2.24) is 10.3 Å². The number of pyridine rings is 1. The van der Waals surface area contributed by atoms with Gasteiger partial charge in [0, 0.05) is 24.3 Å². The van der Waals surface area contributed by atoms with Crippen LogP contribution in [0.25, 0.3) is 0 Å². The fourth-order valence-electron chi connectivity index (χ4n) is 1.48. The first kappa shape index (κ1) is 15.3. The van der Waals surface area contributed by atoms with Gasteiger partial charge in [-0.2, -0.15) is 11.8 Å². The van der Waals surface area contributed by atoms with Crippen molar-refractivity contribution in [3.63, 3.8) is 0 Å². The van der Waals surface area contributed by atoms with E-state index in [1.807, 2.05) is 11.8 Å². The molecular weight excluding hydrogens is 314 g/mol. The second kappa shape index (κ2) is 8.37. The number of unbranched alkanes of at least 4 members (excludes halogenated alkanes) is 1. The molecule has 0 bridgehead atoms. The molecule has 0 aromatic carbocycles. The number of nitrogens with zero attached hydrogens (tertiary/aromatic N) is 1. The molecule has 0 saturated carbocycles. The van der Waals surface area contributed by atoms with Crippen molar-refractivity contribution in [1.29, 1.82) is 0 Å². The van der Waals surface area contributed by atoms with Crippen LogP contribution in [0.1, 0.15) is 23.2 Å². The maximum atomic E-state index is 12.0. The van der Waals surface area contributed by atoms with E-state index in [1.54, 1.807) is 19.3 Å². The van der Waals surface area contributed by atoms with E-state index < -0.39 is 0 Å². The first-order valence-corrected chi connectivity index (χ1v) is 7.98. The van der Waals surface area contributed by atoms with Gasteiger partial charge in [0.2, 0.25) is 0 Å². The monoisotopic (exact) mass is 331 g/mol. The molecule has 0 aliphatic heterocycles. The van der Waals surface area contributed by atoms with Crippen LogP contribution in [0.15, 0.2) is 16.7 Å². The molecule has 1 amide bonds. The molecule has 1 aromatic rings. The van der Waals surface area contributed by atoms with E-state index in [0.29, 0.717) is 17.9 Å². The maximum absolute atomic E-state index is 12.0. The zero-order valence-corrected chi connectivity index (χ0v) is 13.0. The summed E-state index contributed by atoms with van der Waals surface area (Å²) in [6.07, 6.45) is 5.88. The van der Waals surface area contributed by atoms with E-state index in [4.69, 9.17) is 0 Å². The molecule has 0 radical (unpaired) electrons. The summed E-state index contributed by atoms with van der Waals surface area (Å²) < 4.78 is 0.800. The van der Waals surface area contributed by atoms with Gasteiger partial charge < -0.3 is 10.6 Å². The molecule has 0 saturated heterocycles. The Bertz CT molecular complexity index is 401. The molecule has 0 aliphatic rings. The lowest BCUT2D eigenvalue weighted by molar-refractivity contribution is 0.0953. The predicted octanol–water partition coefficient (Wildman–Crippen LogP) is 2.76. The summed E-state index contributed by atoms with van der Waals surface area (Å²) in [4.78, 5) is 16.1. The minimum absolute atomic E-state index is 0.0858. The number of halogens is 1. The number of hydrogen-bond acceptors (Lipinski definition) is 4. The van der Waals surface area contributed by atoms with E-state index in [1.165, 1.54) is 0 Å². The summed E-state index contributed by atoms with van der Waals surface area (Å²) in [6, 6.07) is 1.77. The topological polar surface area (TPSA) is 54.0 Å². The zero-order valence-electron chi connectivity index (χ0n) is 10.6. The molecule has 18 heavy (non-hydrogen) atoms. The highest BCUT2D eigenvalue weighted by atomic mass is 79.9. The van der Waals surface area contributed by atoms with E-state index in [2.05, 4.69) is 37.8 Å². The summed E-state index contributed by atoms with van der Waals surface area (Å²) >= 11 is 5.15. The molecule has 0 atom stereocenters. The normalized spacial score (nSPS) is 10.2. The Hall–Kier alpha value is -0.750. The van der Waals surface area contributed by atoms with E-state index in [0.717, 1.165) is 23.1 Å². The smallest absolute Gasteiger partial charge is 0.255 e. The van der Waals surface area contributed by atoms with Gasteiger partial charge in [-0.1, -0.05) is 0 Å². The highest BCUT2D eigenvalue weighted by molar-refractivity contribution is 9.10. The average molecular weight is 332 g/mol. The van der Waals surface area contributed by atoms with Gasteiger partial charge in [0.15, 0.2) is 0 Å². The maximum Gasteiger partial charge on any atom is 0.255 e. The van der Waals surface area contributed by atoms with Crippen LogP contribution in [0.3, 0.4) is 0 Å². The molecule has 100 valence electrons. The molecule has 1 heterocycles. The van der Waals surface area contributed by atoms with Crippen molar-refractivity contribution in [3.05, 3.63) is 22.3 Å². The van der Waals surface area contributed by atoms with Crippen LogP contribution in [0.4, 0.5) is 5.82 Å². The van der Waals surface area contributed by atoms with Gasteiger partial charge in [-0.05, 0) is 46.8 Å². The van der Waals surface area contributed by atoms with Gasteiger partial charge in [-0.25, -0.2) is 4.98 Å². The molecule has 1 aromatic heterocycles. The Morgan fingerprint density at radius 3 is 2.94 bits per heavy atom. The standard InChI is InChI=1S/C12H18BrN3OS/c1-14-11-10(7-9(13)8-16-11)12(17)15-5-3-4-6-18-2/h7-8H,3-6H2,1-2H3,(H,14,16)(H,15,17). The number of anilines is 1. The van der Waals surface area contributed by atoms with Crippen LogP contribution in [0.5, 0.6) is 0 Å². The molecule has 0 fully saturated rings. The van der Waals surface area contributed by atoms with Crippen molar-refractivity contribution in [2.45, 2.75) is 12.8 Å². The molecule has 0 unspecified atom stereocenters. The Morgan fingerprint density at radius 1 is 1.50 bits per heavy atom. The van der Waals surface area contributed by atoms with Gasteiger partial charge in [0.05, 0.1) is 5.56 Å². The molecule has 1 rings (SSSR count). The van der Waals surface area contributed by atoms with Crippen molar-refractivity contribution >= 4 is 39.4 Å². The third-order valence-corrected chi connectivity index (χ3v) is 3.53. The molecular formula is C12H18BrN3OS. The van der Waals surface area contributed by atoms with Gasteiger partial charge >= 0.3 is 0 Å². The highest BCUT2D eigenvalue weighted by Crippen LogP contribution is 2.17. The van der Waals surface area contributed by atoms with Crippen molar-refractivity contribution in [2.24, 2.45) is 0 Å². The van der Waals surface area contributed by atoms with Crippen molar-refractivity contribution in [2.75, 3.05) is 30.9 Å². The summed E-state index contributed by atoms with van der Waals surface area (Å²) in [5, 5.41) is 5.83. The SMILES string of the molecule is CNc1ncc(Br)cc1C(=O)NCCCCSC. The third-order valence-electron chi connectivity index (χ3n) is 2.40. The van der Waals surface area contributed by atoms with Gasteiger partial charge in [0.1, 0.15) is 5.82 Å². The Morgan fingerprint density at radius 2 is 2.28 bits per heavy atom. The quantitative estimate of drug-likeness (QED) is 0.754. The molecule has 0 aliphatic carbocycles. The lowest BCUT2D eigenvalue weighted by Gasteiger charge is -2.09. The molecule has 2 N–H and O–H groups in total. The fourth-order valence-corrected chi connectivity index (χ4v) is 2.30. The van der Waals surface area contributed by atoms with E-state index >= 15 is 0 Å². The number of amides is 1. The number of rotatable bonds is 7. The fraction of sp³-hybridized carbons (Fsp3) is 0.500. The first-order chi connectivity index (χ1) is 8.69. The third kappa shape index (κ3) is 4.86. The molecule has 4 nitrogen and oxygen atoms in total. The number of thioether (sulfide) groups is 1. The van der Waals surface area contributed by atoms with Gasteiger partial charge in [0.25, 0.3) is 5.91 Å². The predicted molar refractivity (Wildman–Crippen MR) is 81.4 cm³/mol. The van der Waals surface area contributed by atoms with Crippen LogP contribution in [0.2, 0.25) is 0 Å². The number of nitrogens with one attached hydrogen (secondary N) is 2. The Kier molecular flexibility index (Phi) is 7.12. The largest absolute Gasteiger partial charge is 0.372 e. The second-order valence-corrected chi connectivity index (χ2v) is 5.66. The minimum Gasteiger partial charge on any atom is -0.372 e. The lowest BCUT2D eigenvalue weighted by atomic mass is 10.2. The number of hydrogen-bond donors (Lipinski definition) is 2. The van der Waals surface area contributed by atoms with E-state index in [-0.39, 0.29) is 5.91 Å². The summed E-state index contributed by atoms with van der Waals surface area (Å²) in [6.45, 7) is 0.703. The minimum atomic E-state index is -0.0858. The van der Waals surface area contributed by atoms with Crippen molar-refractivity contribution in [3.8, 4) is 0 Å². The lowest BCUT2D eigenvalue weighted by Crippen LogP contribution is -2.25. The van der Waals surface area contributed by atoms with Crippen LogP contribution < -0.4 is 10.6 Å². The second-order valence-electron chi connectivity index (χ2n) is 3.76. The summed E-state index contributed by atoms with van der Waals surface area (Å²) in [5.41, 5.74) is 0.566. The van der Waals surface area contributed by atoms with E-state index in [9.17, 15) is 4.79 Å². The number of carbonyl (C=O) groups excluding carboxylic acids is 1. The zero-order chi connectivity index (χ0) is 13.4. The van der Waals surface area contributed by atoms with Gasteiger partial charge in [-0.3, -0.25) is 4.79 Å². The number of carbonyl (C=O) groups is 1. The first-order valence-electron chi connectivity index (χ1n) is 5.79. The van der Waals surface area contributed by atoms with Crippen LogP contribution in [-0.2, 0) is 0 Å². The number of aromatic nitrogens is 1. The highest BCUT2D eigenvalue weighted by Gasteiger charge is 2.11. The Balaban J connectivity index is 2.52.